The van der Waals surface area contributed by atoms with Crippen LogP contribution in [0.15, 0.2) is 59.0 Å². The first kappa shape index (κ1) is 23.3. The lowest BCUT2D eigenvalue weighted by Crippen LogP contribution is -2.53. The molecule has 0 saturated heterocycles. The Kier molecular flexibility index (Phi) is 5.54. The fourth-order valence-electron chi connectivity index (χ4n) is 6.43. The molecule has 2 aliphatic carbocycles. The van der Waals surface area contributed by atoms with E-state index < -0.39 is 28.3 Å². The Morgan fingerprint density at radius 3 is 2.61 bits per heavy atom. The predicted molar refractivity (Wildman–Crippen MR) is 122 cm³/mol. The first-order chi connectivity index (χ1) is 15.4. The van der Waals surface area contributed by atoms with Crippen molar-refractivity contribution in [1.82, 2.24) is 0 Å². The normalized spacial score (nSPS) is 35.5. The van der Waals surface area contributed by atoms with Crippen LogP contribution in [-0.4, -0.2) is 24.8 Å². The summed E-state index contributed by atoms with van der Waals surface area (Å²) in [6.45, 7) is 12.5. The molecule has 33 heavy (non-hydrogen) atoms. The maximum Gasteiger partial charge on any atom is 0.331 e. The van der Waals surface area contributed by atoms with E-state index in [0.29, 0.717) is 12.8 Å². The molecule has 1 fully saturated rings. The summed E-state index contributed by atoms with van der Waals surface area (Å²) in [5, 5.41) is 0. The number of fused-ring (bicyclic) bond motifs is 1. The number of carbonyl (C=O) groups excluding carboxylic acids is 3. The average molecular weight is 453 g/mol. The van der Waals surface area contributed by atoms with Crippen LogP contribution in [0.3, 0.4) is 0 Å². The fourth-order valence-corrected chi connectivity index (χ4v) is 6.43. The van der Waals surface area contributed by atoms with Gasteiger partial charge in [-0.15, -0.1) is 0 Å². The minimum absolute atomic E-state index is 0.0177. The molecule has 0 bridgehead atoms. The molecule has 0 unspecified atom stereocenters. The molecule has 6 heteroatoms. The minimum Gasteiger partial charge on any atom is -0.472 e. The molecule has 6 nitrogen and oxygen atoms in total. The average Bonchev–Trinajstić information content (AvgIpc) is 3.29. The van der Waals surface area contributed by atoms with Gasteiger partial charge >= 0.3 is 11.9 Å². The second-order valence-corrected chi connectivity index (χ2v) is 10.6. The first-order valence-electron chi connectivity index (χ1n) is 11.4. The molecule has 0 spiro atoms. The molecule has 176 valence electrons. The van der Waals surface area contributed by atoms with Gasteiger partial charge in [0.2, 0.25) is 0 Å². The quantitative estimate of drug-likeness (QED) is 0.589. The van der Waals surface area contributed by atoms with Crippen molar-refractivity contribution in [3.05, 3.63) is 60.1 Å². The molecule has 1 aromatic heterocycles. The molecule has 1 aromatic rings. The fraction of sp³-hybridized carbons (Fsp3) is 0.519. The number of ether oxygens (including phenoxy) is 2. The number of furan rings is 1. The van der Waals surface area contributed by atoms with Crippen LogP contribution in [0.4, 0.5) is 0 Å². The van der Waals surface area contributed by atoms with E-state index in [1.807, 2.05) is 32.9 Å². The van der Waals surface area contributed by atoms with Crippen LogP contribution >= 0.6 is 0 Å². The summed E-state index contributed by atoms with van der Waals surface area (Å²) in [6.07, 6.45) is 9.27. The van der Waals surface area contributed by atoms with Crippen LogP contribution in [-0.2, 0) is 23.9 Å². The second kappa shape index (κ2) is 7.86. The van der Waals surface area contributed by atoms with E-state index in [1.54, 1.807) is 18.6 Å². The molecule has 0 N–H and O–H groups in total. The highest BCUT2D eigenvalue weighted by molar-refractivity contribution is 5.97. The van der Waals surface area contributed by atoms with E-state index in [4.69, 9.17) is 13.9 Å². The van der Waals surface area contributed by atoms with Gasteiger partial charge in [0, 0.05) is 22.5 Å². The minimum atomic E-state index is -0.863. The molecular weight excluding hydrogens is 420 g/mol. The number of methoxy groups -OCH3 is 1. The Labute approximate surface area is 194 Å². The number of allylic oxidation sites excluding steroid dienone is 3. The molecule has 1 saturated carbocycles. The molecule has 4 rings (SSSR count). The number of hydrogen-bond donors (Lipinski definition) is 0. The van der Waals surface area contributed by atoms with Crippen LogP contribution < -0.4 is 0 Å². The van der Waals surface area contributed by atoms with Crippen molar-refractivity contribution in [3.8, 4) is 0 Å². The number of esters is 2. The van der Waals surface area contributed by atoms with E-state index >= 15 is 0 Å². The summed E-state index contributed by atoms with van der Waals surface area (Å²) in [5.41, 5.74) is 0.651. The number of hydrogen-bond acceptors (Lipinski definition) is 6. The molecule has 0 amide bonds. The smallest absolute Gasteiger partial charge is 0.331 e. The number of cyclic esters (lactones) is 1. The summed E-state index contributed by atoms with van der Waals surface area (Å²) < 4.78 is 16.0. The Hall–Kier alpha value is -2.89. The highest BCUT2D eigenvalue weighted by Gasteiger charge is 2.59. The third-order valence-corrected chi connectivity index (χ3v) is 8.39. The Morgan fingerprint density at radius 1 is 1.24 bits per heavy atom. The summed E-state index contributed by atoms with van der Waals surface area (Å²) in [7, 11) is 1.37. The largest absolute Gasteiger partial charge is 0.472 e. The molecule has 0 radical (unpaired) electrons. The highest BCUT2D eigenvalue weighted by atomic mass is 16.5. The number of ketones is 1. The van der Waals surface area contributed by atoms with E-state index in [1.165, 1.54) is 13.2 Å². The van der Waals surface area contributed by atoms with Crippen molar-refractivity contribution in [2.45, 2.75) is 53.1 Å². The molecule has 3 aliphatic rings. The topological polar surface area (TPSA) is 82.8 Å². The van der Waals surface area contributed by atoms with Crippen LogP contribution in [0.5, 0.6) is 0 Å². The van der Waals surface area contributed by atoms with Crippen LogP contribution in [0, 0.1) is 28.1 Å². The van der Waals surface area contributed by atoms with Gasteiger partial charge in [0.15, 0.2) is 5.78 Å². The van der Waals surface area contributed by atoms with E-state index in [2.05, 4.69) is 13.5 Å². The van der Waals surface area contributed by atoms with Crippen molar-refractivity contribution in [1.29, 1.82) is 0 Å². The molecule has 2 heterocycles. The number of rotatable bonds is 4. The van der Waals surface area contributed by atoms with E-state index in [-0.39, 0.29) is 30.0 Å². The zero-order valence-corrected chi connectivity index (χ0v) is 20.0. The lowest BCUT2D eigenvalue weighted by molar-refractivity contribution is -0.153. The van der Waals surface area contributed by atoms with E-state index in [0.717, 1.165) is 16.7 Å². The maximum atomic E-state index is 13.5. The van der Waals surface area contributed by atoms with Crippen LogP contribution in [0.2, 0.25) is 0 Å². The SMILES string of the molecule is C=C1C2=CC(=O)O[C@H](c3ccoc3)[C@@]2(C)CC[C@H]1[C@]1(C)C(=O)C=CC(C)(C)[C@H]1CC(=O)OC. The van der Waals surface area contributed by atoms with Crippen molar-refractivity contribution in [3.63, 3.8) is 0 Å². The number of carbonyl (C=O) groups is 3. The second-order valence-electron chi connectivity index (χ2n) is 10.6. The summed E-state index contributed by atoms with van der Waals surface area (Å²) in [5.74, 6) is -1.28. The summed E-state index contributed by atoms with van der Waals surface area (Å²) >= 11 is 0. The van der Waals surface area contributed by atoms with Gasteiger partial charge in [-0.3, -0.25) is 9.59 Å². The van der Waals surface area contributed by atoms with Crippen molar-refractivity contribution in [2.75, 3.05) is 7.11 Å². The molecule has 1 aliphatic heterocycles. The summed E-state index contributed by atoms with van der Waals surface area (Å²) in [6, 6.07) is 1.81. The van der Waals surface area contributed by atoms with Gasteiger partial charge in [-0.25, -0.2) is 4.79 Å². The predicted octanol–water partition coefficient (Wildman–Crippen LogP) is 5.13. The van der Waals surface area contributed by atoms with E-state index in [9.17, 15) is 14.4 Å². The van der Waals surface area contributed by atoms with Crippen molar-refractivity contribution >= 4 is 17.7 Å². The zero-order valence-electron chi connectivity index (χ0n) is 20.0. The lowest BCUT2D eigenvalue weighted by atomic mass is 9.48. The van der Waals surface area contributed by atoms with Gasteiger partial charge < -0.3 is 13.9 Å². The maximum absolute atomic E-state index is 13.5. The highest BCUT2D eigenvalue weighted by Crippen LogP contribution is 2.62. The Morgan fingerprint density at radius 2 is 1.97 bits per heavy atom. The Bertz CT molecular complexity index is 1060. The van der Waals surface area contributed by atoms with Gasteiger partial charge in [-0.05, 0) is 53.4 Å². The third kappa shape index (κ3) is 3.51. The third-order valence-electron chi connectivity index (χ3n) is 8.39. The van der Waals surface area contributed by atoms with Gasteiger partial charge in [-0.2, -0.15) is 0 Å². The van der Waals surface area contributed by atoms with Gasteiger partial charge in [-0.1, -0.05) is 40.3 Å². The van der Waals surface area contributed by atoms with Crippen LogP contribution in [0.1, 0.15) is 58.6 Å². The standard InChI is InChI=1S/C27H32O6/c1-16-18(27(5)20(14-22(29)31-6)25(2,3)10-8-21(27)28)7-11-26(4)19(16)13-23(30)33-24(26)17-9-12-32-15-17/h8-10,12-13,15,18,20,24H,1,7,11,14H2,2-6H3/t18-,20-,24-,26+,27+/m1/s1. The van der Waals surface area contributed by atoms with Gasteiger partial charge in [0.25, 0.3) is 0 Å². The van der Waals surface area contributed by atoms with Gasteiger partial charge in [0.05, 0.1) is 26.1 Å². The molecular formula is C27H32O6. The van der Waals surface area contributed by atoms with Gasteiger partial charge in [0.1, 0.15) is 6.10 Å². The van der Waals surface area contributed by atoms with Crippen molar-refractivity contribution in [2.24, 2.45) is 28.1 Å². The molecule has 0 aromatic carbocycles. The zero-order chi connectivity index (χ0) is 24.2. The molecule has 5 atom stereocenters. The Balaban J connectivity index is 1.77. The monoisotopic (exact) mass is 452 g/mol. The van der Waals surface area contributed by atoms with Crippen LogP contribution in [0.25, 0.3) is 0 Å². The first-order valence-corrected chi connectivity index (χ1v) is 11.4. The summed E-state index contributed by atoms with van der Waals surface area (Å²) in [4.78, 5) is 38.4. The lowest BCUT2D eigenvalue weighted by Gasteiger charge is -2.55. The van der Waals surface area contributed by atoms with Crippen molar-refractivity contribution < 1.29 is 28.3 Å².